The fourth-order valence-electron chi connectivity index (χ4n) is 5.22. The highest BCUT2D eigenvalue weighted by Gasteiger charge is 2.26. The molecule has 0 bridgehead atoms. The summed E-state index contributed by atoms with van der Waals surface area (Å²) in [5.74, 6) is -0.337. The Labute approximate surface area is 332 Å². The van der Waals surface area contributed by atoms with Gasteiger partial charge in [-0.3, -0.25) is 13.8 Å². The number of likely N-dealkylation sites (N-methyl/N-ethyl adjacent to an activating group) is 1. The fraction of sp³-hybridized carbons (Fsp3) is 0.711. The van der Waals surface area contributed by atoms with E-state index in [2.05, 4.69) is 86.8 Å². The van der Waals surface area contributed by atoms with Crippen molar-refractivity contribution in [3.8, 4) is 0 Å². The van der Waals surface area contributed by atoms with Gasteiger partial charge in [0.05, 0.1) is 34.4 Å². The number of allylic oxidation sites excluding steroid dienone is 12. The van der Waals surface area contributed by atoms with E-state index in [1.165, 1.54) is 32.1 Å². The van der Waals surface area contributed by atoms with Gasteiger partial charge in [0.2, 0.25) is 0 Å². The summed E-state index contributed by atoms with van der Waals surface area (Å²) in [5.41, 5.74) is 0. The van der Waals surface area contributed by atoms with Crippen molar-refractivity contribution in [3.05, 3.63) is 72.9 Å². The second-order valence-electron chi connectivity index (χ2n) is 15.0. The van der Waals surface area contributed by atoms with E-state index in [1.54, 1.807) is 0 Å². The molecule has 1 N–H and O–H groups in total. The smallest absolute Gasteiger partial charge is 0.457 e. The Morgan fingerprint density at radius 1 is 0.593 bits per heavy atom. The van der Waals surface area contributed by atoms with Crippen molar-refractivity contribution in [1.29, 1.82) is 0 Å². The Kier molecular flexibility index (Phi) is 36.4. The molecule has 0 aliphatic rings. The number of nitrogens with zero attached hydrogens (tertiary/aromatic N) is 1. The van der Waals surface area contributed by atoms with E-state index in [4.69, 9.17) is 18.5 Å². The van der Waals surface area contributed by atoms with Crippen molar-refractivity contribution in [3.63, 3.8) is 0 Å². The van der Waals surface area contributed by atoms with Gasteiger partial charge in [-0.25, -0.2) is 4.57 Å². The van der Waals surface area contributed by atoms with E-state index in [1.807, 2.05) is 21.1 Å². The molecule has 0 aliphatic carbocycles. The van der Waals surface area contributed by atoms with Gasteiger partial charge in [-0.2, -0.15) is 0 Å². The summed E-state index contributed by atoms with van der Waals surface area (Å²) in [4.78, 5) is 22.8. The number of rotatable bonds is 38. The van der Waals surface area contributed by atoms with Gasteiger partial charge < -0.3 is 18.9 Å². The van der Waals surface area contributed by atoms with Crippen LogP contribution in [0.25, 0.3) is 0 Å². The Morgan fingerprint density at radius 2 is 1.07 bits per heavy atom. The molecule has 0 heterocycles. The van der Waals surface area contributed by atoms with Crippen molar-refractivity contribution in [2.45, 2.75) is 155 Å². The van der Waals surface area contributed by atoms with Crippen LogP contribution in [-0.4, -0.2) is 75.6 Å². The molecule has 9 heteroatoms. The first-order valence-corrected chi connectivity index (χ1v) is 22.7. The SMILES string of the molecule is CC/C=C\C/C=C\C/C=C\C/C=C\C/C=C\CCCCCCOCC(COP(=O)(O)OCC[N+](C)(C)C)OC(=O)CCCCCCC/C=C\CCCCC. The summed E-state index contributed by atoms with van der Waals surface area (Å²) in [6.07, 6.45) is 47.9. The van der Waals surface area contributed by atoms with Crippen LogP contribution in [0.1, 0.15) is 149 Å². The van der Waals surface area contributed by atoms with Gasteiger partial charge in [-0.05, 0) is 83.5 Å². The quantitative estimate of drug-likeness (QED) is 0.0219. The van der Waals surface area contributed by atoms with Gasteiger partial charge in [0, 0.05) is 13.0 Å². The fourth-order valence-corrected chi connectivity index (χ4v) is 5.96. The largest absolute Gasteiger partial charge is 0.472 e. The molecular formula is C45H81NO7P+. The predicted octanol–water partition coefficient (Wildman–Crippen LogP) is 12.3. The lowest BCUT2D eigenvalue weighted by atomic mass is 10.1. The molecule has 0 aromatic heterocycles. The minimum absolute atomic E-state index is 0.0779. The third-order valence-electron chi connectivity index (χ3n) is 8.50. The van der Waals surface area contributed by atoms with Crippen LogP contribution in [0.3, 0.4) is 0 Å². The number of carbonyl (C=O) groups is 1. The van der Waals surface area contributed by atoms with Gasteiger partial charge in [0.15, 0.2) is 0 Å². The molecule has 312 valence electrons. The highest BCUT2D eigenvalue weighted by Crippen LogP contribution is 2.43. The van der Waals surface area contributed by atoms with Gasteiger partial charge >= 0.3 is 13.8 Å². The predicted molar refractivity (Wildman–Crippen MR) is 228 cm³/mol. The topological polar surface area (TPSA) is 91.3 Å². The summed E-state index contributed by atoms with van der Waals surface area (Å²) in [6.45, 7) is 5.38. The van der Waals surface area contributed by atoms with Crippen LogP contribution in [-0.2, 0) is 27.9 Å². The molecule has 2 unspecified atom stereocenters. The van der Waals surface area contributed by atoms with Crippen LogP contribution in [0, 0.1) is 0 Å². The molecule has 54 heavy (non-hydrogen) atoms. The van der Waals surface area contributed by atoms with E-state index < -0.39 is 13.9 Å². The van der Waals surface area contributed by atoms with E-state index in [-0.39, 0.29) is 25.8 Å². The number of esters is 1. The second-order valence-corrected chi connectivity index (χ2v) is 16.4. The van der Waals surface area contributed by atoms with Crippen molar-refractivity contribution in [1.82, 2.24) is 0 Å². The molecule has 0 aliphatic heterocycles. The summed E-state index contributed by atoms with van der Waals surface area (Å²) >= 11 is 0. The second kappa shape index (κ2) is 37.8. The number of hydrogen-bond acceptors (Lipinski definition) is 6. The Morgan fingerprint density at radius 3 is 1.63 bits per heavy atom. The standard InChI is InChI=1S/C45H80NO7P/c1-6-8-10-12-14-16-18-20-21-22-23-24-25-26-27-29-31-33-35-37-40-50-42-44(43-52-54(48,49)51-41-39-46(3,4)5)53-45(47)38-36-34-32-30-28-19-17-15-13-11-9-7-2/h8,10,14-17,20-21,23-24,26-27,44H,6-7,9,11-13,18-19,22,25,28-43H2,1-5H3/p+1/b10-8-,16-14-,17-15-,21-20-,24-23-,27-26-. The van der Waals surface area contributed by atoms with Crippen LogP contribution in [0.15, 0.2) is 72.9 Å². The van der Waals surface area contributed by atoms with Crippen LogP contribution in [0.4, 0.5) is 0 Å². The summed E-state index contributed by atoms with van der Waals surface area (Å²) < 4.78 is 34.9. The molecule has 0 spiro atoms. The summed E-state index contributed by atoms with van der Waals surface area (Å²) in [5, 5.41) is 0. The number of phosphoric ester groups is 1. The third kappa shape index (κ3) is 41.1. The first-order valence-electron chi connectivity index (χ1n) is 21.2. The van der Waals surface area contributed by atoms with Gasteiger partial charge in [0.25, 0.3) is 0 Å². The summed E-state index contributed by atoms with van der Waals surface area (Å²) in [6, 6.07) is 0. The maximum Gasteiger partial charge on any atom is 0.472 e. The van der Waals surface area contributed by atoms with Crippen LogP contribution in [0.2, 0.25) is 0 Å². The molecule has 0 fully saturated rings. The molecule has 8 nitrogen and oxygen atoms in total. The first kappa shape index (κ1) is 51.9. The molecule has 0 aromatic carbocycles. The molecule has 0 saturated carbocycles. The molecule has 0 aromatic rings. The third-order valence-corrected chi connectivity index (χ3v) is 9.49. The lowest BCUT2D eigenvalue weighted by molar-refractivity contribution is -0.870. The zero-order valence-corrected chi connectivity index (χ0v) is 36.1. The summed E-state index contributed by atoms with van der Waals surface area (Å²) in [7, 11) is 1.63. The number of ether oxygens (including phenoxy) is 2. The number of phosphoric acid groups is 1. The van der Waals surface area contributed by atoms with E-state index >= 15 is 0 Å². The highest BCUT2D eigenvalue weighted by molar-refractivity contribution is 7.47. The molecular weight excluding hydrogens is 697 g/mol. The maximum atomic E-state index is 12.6. The number of unbranched alkanes of at least 4 members (excludes halogenated alkanes) is 12. The minimum atomic E-state index is -4.28. The van der Waals surface area contributed by atoms with Crippen molar-refractivity contribution < 1.29 is 37.3 Å². The number of carbonyl (C=O) groups excluding carboxylic acids is 1. The average molecular weight is 779 g/mol. The maximum absolute atomic E-state index is 12.6. The van der Waals surface area contributed by atoms with Crippen molar-refractivity contribution >= 4 is 13.8 Å². The molecule has 0 saturated heterocycles. The van der Waals surface area contributed by atoms with Gasteiger partial charge in [-0.1, -0.05) is 132 Å². The molecule has 0 rings (SSSR count). The van der Waals surface area contributed by atoms with Crippen LogP contribution >= 0.6 is 7.82 Å². The monoisotopic (exact) mass is 779 g/mol. The molecule has 0 amide bonds. The number of quaternary nitrogens is 1. The van der Waals surface area contributed by atoms with E-state index in [0.717, 1.165) is 96.3 Å². The minimum Gasteiger partial charge on any atom is -0.457 e. The lowest BCUT2D eigenvalue weighted by Gasteiger charge is -2.24. The van der Waals surface area contributed by atoms with Crippen LogP contribution in [0.5, 0.6) is 0 Å². The average Bonchev–Trinajstić information content (AvgIpc) is 3.12. The van der Waals surface area contributed by atoms with Crippen molar-refractivity contribution in [2.75, 3.05) is 54.1 Å². The van der Waals surface area contributed by atoms with E-state index in [0.29, 0.717) is 24.1 Å². The van der Waals surface area contributed by atoms with Crippen LogP contribution < -0.4 is 0 Å². The zero-order valence-electron chi connectivity index (χ0n) is 35.2. The Bertz CT molecular complexity index is 1090. The van der Waals surface area contributed by atoms with Gasteiger partial charge in [0.1, 0.15) is 19.3 Å². The number of hydrogen-bond donors (Lipinski definition) is 1. The van der Waals surface area contributed by atoms with Crippen molar-refractivity contribution in [2.24, 2.45) is 0 Å². The highest BCUT2D eigenvalue weighted by atomic mass is 31.2. The lowest BCUT2D eigenvalue weighted by Crippen LogP contribution is -2.37. The first-order chi connectivity index (χ1) is 26.1. The Hall–Kier alpha value is -2.06. The van der Waals surface area contributed by atoms with E-state index in [9.17, 15) is 14.3 Å². The Balaban J connectivity index is 4.31. The van der Waals surface area contributed by atoms with Gasteiger partial charge in [-0.15, -0.1) is 0 Å². The molecule has 0 radical (unpaired) electrons. The normalized spacial score (nSPS) is 14.6. The zero-order chi connectivity index (χ0) is 39.9. The molecule has 2 atom stereocenters.